The summed E-state index contributed by atoms with van der Waals surface area (Å²) >= 11 is 33.7. The van der Waals surface area contributed by atoms with Crippen LogP contribution >= 0.6 is 58.0 Å². The van der Waals surface area contributed by atoms with Gasteiger partial charge in [0.05, 0.1) is 12.2 Å². The van der Waals surface area contributed by atoms with Crippen molar-refractivity contribution < 1.29 is 4.74 Å². The third kappa shape index (κ3) is 0.946. The van der Waals surface area contributed by atoms with Crippen LogP contribution in [0.25, 0.3) is 0 Å². The number of alkyl halides is 4. The van der Waals surface area contributed by atoms with Crippen molar-refractivity contribution in [3.05, 3.63) is 10.6 Å². The van der Waals surface area contributed by atoms with E-state index in [2.05, 4.69) is 0 Å². The molecule has 0 aromatic carbocycles. The molecule has 1 heterocycles. The number of hydrogen-bond donors (Lipinski definition) is 0. The first kappa shape index (κ1) is 12.7. The van der Waals surface area contributed by atoms with Crippen LogP contribution in [0.15, 0.2) is 10.6 Å². The zero-order valence-electron chi connectivity index (χ0n) is 9.97. The van der Waals surface area contributed by atoms with Crippen LogP contribution in [0.2, 0.25) is 0 Å². The summed E-state index contributed by atoms with van der Waals surface area (Å²) in [5.74, 6) is 1.14. The van der Waals surface area contributed by atoms with Gasteiger partial charge in [0.2, 0.25) is 0 Å². The summed E-state index contributed by atoms with van der Waals surface area (Å²) in [7, 11) is 0. The molecular weight excluding hydrogens is 349 g/mol. The van der Waals surface area contributed by atoms with Gasteiger partial charge < -0.3 is 4.74 Å². The van der Waals surface area contributed by atoms with Gasteiger partial charge in [0.15, 0.2) is 4.33 Å². The number of epoxide rings is 1. The summed E-state index contributed by atoms with van der Waals surface area (Å²) in [5, 5.41) is 0.556. The van der Waals surface area contributed by atoms with E-state index in [9.17, 15) is 0 Å². The summed E-state index contributed by atoms with van der Waals surface area (Å²) in [4.78, 5) is -1.81. The largest absolute Gasteiger partial charge is 0.369 e. The molecule has 4 fully saturated rings. The van der Waals surface area contributed by atoms with Crippen molar-refractivity contribution >= 4 is 58.0 Å². The average molecular weight is 360 g/mol. The maximum absolute atomic E-state index is 6.96. The molecular formula is C13H11Cl5O. The maximum atomic E-state index is 6.96. The van der Waals surface area contributed by atoms with Gasteiger partial charge in [-0.3, -0.25) is 0 Å². The van der Waals surface area contributed by atoms with E-state index in [4.69, 9.17) is 62.7 Å². The van der Waals surface area contributed by atoms with Crippen molar-refractivity contribution in [3.63, 3.8) is 0 Å². The Balaban J connectivity index is 1.80. The minimum atomic E-state index is -1.24. The number of halogens is 5. The lowest BCUT2D eigenvalue weighted by Crippen LogP contribution is -2.46. The topological polar surface area (TPSA) is 12.5 Å². The lowest BCUT2D eigenvalue weighted by atomic mass is 9.71. The molecule has 0 aromatic rings. The van der Waals surface area contributed by atoms with Crippen LogP contribution in [0.4, 0.5) is 0 Å². The third-order valence-electron chi connectivity index (χ3n) is 6.29. The highest BCUT2D eigenvalue weighted by atomic mass is 35.5. The van der Waals surface area contributed by atoms with E-state index in [1.165, 1.54) is 0 Å². The molecule has 104 valence electrons. The molecule has 3 saturated carbocycles. The third-order valence-corrected chi connectivity index (χ3v) is 10.1. The van der Waals surface area contributed by atoms with E-state index >= 15 is 0 Å². The molecule has 0 aromatic heterocycles. The Kier molecular flexibility index (Phi) is 2.06. The number of hydrogen-bond acceptors (Lipinski definition) is 1. The molecule has 0 radical (unpaired) electrons. The summed E-state index contributed by atoms with van der Waals surface area (Å²) in [6.45, 7) is 1.91. The first-order valence-electron chi connectivity index (χ1n) is 6.56. The van der Waals surface area contributed by atoms with Crippen molar-refractivity contribution in [2.75, 3.05) is 0 Å². The van der Waals surface area contributed by atoms with Gasteiger partial charge >= 0.3 is 0 Å². The van der Waals surface area contributed by atoms with Gasteiger partial charge in [0.25, 0.3) is 0 Å². The minimum absolute atomic E-state index is 0.131. The van der Waals surface area contributed by atoms with Gasteiger partial charge in [0, 0.05) is 5.03 Å². The van der Waals surface area contributed by atoms with Gasteiger partial charge in [-0.1, -0.05) is 34.8 Å². The molecule has 1 aliphatic heterocycles. The molecule has 19 heavy (non-hydrogen) atoms. The predicted molar refractivity (Wildman–Crippen MR) is 77.4 cm³/mol. The van der Waals surface area contributed by atoms with Crippen LogP contribution < -0.4 is 0 Å². The van der Waals surface area contributed by atoms with Crippen LogP contribution in [0.5, 0.6) is 0 Å². The molecule has 0 N–H and O–H groups in total. The zero-order valence-corrected chi connectivity index (χ0v) is 13.7. The van der Waals surface area contributed by atoms with Crippen LogP contribution in [0.1, 0.15) is 13.3 Å². The Morgan fingerprint density at radius 1 is 1.00 bits per heavy atom. The highest BCUT2D eigenvalue weighted by molar-refractivity contribution is 6.63. The number of allylic oxidation sites excluding steroid dienone is 2. The van der Waals surface area contributed by atoms with E-state index in [-0.39, 0.29) is 11.8 Å². The van der Waals surface area contributed by atoms with Crippen molar-refractivity contribution in [1.82, 2.24) is 0 Å². The van der Waals surface area contributed by atoms with Gasteiger partial charge in [-0.05, 0) is 42.6 Å². The Morgan fingerprint density at radius 3 is 2.11 bits per heavy atom. The van der Waals surface area contributed by atoms with E-state index in [1.807, 2.05) is 6.92 Å². The maximum Gasteiger partial charge on any atom is 0.165 e. The first-order valence-corrected chi connectivity index (χ1v) is 8.45. The van der Waals surface area contributed by atoms with Gasteiger partial charge in [-0.2, -0.15) is 0 Å². The standard InChI is InChI=1S/C13H11Cl5O/c1-3-10(14)12(16)7-5-2-4(8-9(5)19-8)6(7)11(3,15)13(12,17)18/h4-9H,2H2,1H3. The second-order valence-electron chi connectivity index (χ2n) is 6.62. The van der Waals surface area contributed by atoms with Gasteiger partial charge in [-0.15, -0.1) is 23.2 Å². The molecule has 0 amide bonds. The van der Waals surface area contributed by atoms with Crippen molar-refractivity contribution in [1.29, 1.82) is 0 Å². The van der Waals surface area contributed by atoms with Gasteiger partial charge in [0.1, 0.15) is 9.75 Å². The van der Waals surface area contributed by atoms with E-state index in [1.54, 1.807) is 0 Å². The van der Waals surface area contributed by atoms with Crippen LogP contribution in [0.3, 0.4) is 0 Å². The Labute approximate surface area is 136 Å². The minimum Gasteiger partial charge on any atom is -0.369 e. The van der Waals surface area contributed by atoms with Crippen LogP contribution in [-0.4, -0.2) is 26.3 Å². The SMILES string of the molecule is CC1=C(Cl)C2(Cl)C3C4CC(C5OC45)C3C1(Cl)C2(Cl)Cl. The zero-order chi connectivity index (χ0) is 13.5. The second-order valence-corrected chi connectivity index (χ2v) is 9.51. The van der Waals surface area contributed by atoms with Crippen LogP contribution in [-0.2, 0) is 4.74 Å². The number of ether oxygens (including phenoxy) is 1. The number of fused-ring (bicyclic) bond motifs is 12. The van der Waals surface area contributed by atoms with Crippen molar-refractivity contribution in [3.8, 4) is 0 Å². The summed E-state index contributed by atoms with van der Waals surface area (Å²) in [5.41, 5.74) is 0.849. The monoisotopic (exact) mass is 358 g/mol. The highest BCUT2D eigenvalue weighted by Gasteiger charge is 2.88. The molecule has 5 aliphatic rings. The summed E-state index contributed by atoms with van der Waals surface area (Å²) < 4.78 is 4.52. The summed E-state index contributed by atoms with van der Waals surface area (Å²) in [6.07, 6.45) is 1.79. The fourth-order valence-electron chi connectivity index (χ4n) is 5.61. The Hall–Kier alpha value is 1.15. The number of rotatable bonds is 0. The van der Waals surface area contributed by atoms with Crippen LogP contribution in [0, 0.1) is 23.7 Å². The normalized spacial score (nSPS) is 66.6. The fourth-order valence-corrected chi connectivity index (χ4v) is 8.33. The molecule has 4 bridgehead atoms. The fraction of sp³-hybridized carbons (Fsp3) is 0.846. The molecule has 1 nitrogen and oxygen atoms in total. The molecule has 6 heteroatoms. The Bertz CT molecular complexity index is 515. The Morgan fingerprint density at radius 2 is 1.53 bits per heavy atom. The highest BCUT2D eigenvalue weighted by Crippen LogP contribution is 2.83. The first-order chi connectivity index (χ1) is 8.78. The molecule has 4 aliphatic carbocycles. The molecule has 0 spiro atoms. The van der Waals surface area contributed by atoms with E-state index < -0.39 is 14.1 Å². The van der Waals surface area contributed by atoms with E-state index in [0.717, 1.165) is 12.0 Å². The smallest absolute Gasteiger partial charge is 0.165 e. The summed E-state index contributed by atoms with van der Waals surface area (Å²) in [6, 6.07) is 0. The molecule has 1 saturated heterocycles. The second kappa shape index (κ2) is 3.09. The van der Waals surface area contributed by atoms with Crippen molar-refractivity contribution in [2.45, 2.75) is 39.6 Å². The van der Waals surface area contributed by atoms with Crippen molar-refractivity contribution in [2.24, 2.45) is 23.7 Å². The predicted octanol–water partition coefficient (Wildman–Crippen LogP) is 4.31. The lowest BCUT2D eigenvalue weighted by molar-refractivity contribution is 0.237. The lowest BCUT2D eigenvalue weighted by Gasteiger charge is -2.38. The molecule has 8 atom stereocenters. The molecule has 8 unspecified atom stereocenters. The van der Waals surface area contributed by atoms with Gasteiger partial charge in [-0.25, -0.2) is 0 Å². The quantitative estimate of drug-likeness (QED) is 0.356. The molecule has 5 rings (SSSR count). The average Bonchev–Trinajstić information content (AvgIpc) is 2.91. The van der Waals surface area contributed by atoms with E-state index in [0.29, 0.717) is 29.1 Å².